The number of ether oxygens (including phenoxy) is 2. The van der Waals surface area contributed by atoms with Gasteiger partial charge in [0.15, 0.2) is 0 Å². The van der Waals surface area contributed by atoms with Crippen molar-refractivity contribution in [2.45, 2.75) is 6.92 Å². The Morgan fingerprint density at radius 2 is 1.47 bits per heavy atom. The molecule has 0 amide bonds. The number of carbonyl (C=O) groups excluding carboxylic acids is 2. The number of hydrogen-bond acceptors (Lipinski definition) is 4. The molecule has 0 unspecified atom stereocenters. The zero-order chi connectivity index (χ0) is 13.8. The normalized spacial score (nSPS) is 10.2. The zero-order valence-corrected chi connectivity index (χ0v) is 10.8. The van der Waals surface area contributed by atoms with E-state index in [4.69, 9.17) is 4.74 Å². The highest BCUT2D eigenvalue weighted by atomic mass is 16.5. The van der Waals surface area contributed by atoms with E-state index in [2.05, 4.69) is 4.74 Å². The molecule has 0 radical (unpaired) electrons. The van der Waals surface area contributed by atoms with Crippen LogP contribution in [0.4, 0.5) is 0 Å². The van der Waals surface area contributed by atoms with Crippen LogP contribution in [0.1, 0.15) is 27.6 Å². The fraction of sp³-hybridized carbons (Fsp3) is 0.200. The Labute approximate surface area is 110 Å². The van der Waals surface area contributed by atoms with Crippen LogP contribution in [-0.4, -0.2) is 25.7 Å². The number of benzene rings is 2. The first kappa shape index (κ1) is 13.1. The maximum atomic E-state index is 11.6. The molecule has 19 heavy (non-hydrogen) atoms. The lowest BCUT2D eigenvalue weighted by Crippen LogP contribution is -2.04. The lowest BCUT2D eigenvalue weighted by molar-refractivity contribution is 0.0525. The molecule has 2 aromatic rings. The van der Waals surface area contributed by atoms with Crippen LogP contribution in [0.25, 0.3) is 10.8 Å². The monoisotopic (exact) mass is 258 g/mol. The first-order valence-corrected chi connectivity index (χ1v) is 5.95. The van der Waals surface area contributed by atoms with Gasteiger partial charge in [0, 0.05) is 0 Å². The quantitative estimate of drug-likeness (QED) is 0.794. The maximum absolute atomic E-state index is 11.6. The van der Waals surface area contributed by atoms with Gasteiger partial charge in [-0.05, 0) is 42.0 Å². The van der Waals surface area contributed by atoms with E-state index in [9.17, 15) is 9.59 Å². The molecule has 0 heterocycles. The Morgan fingerprint density at radius 3 is 1.95 bits per heavy atom. The topological polar surface area (TPSA) is 52.6 Å². The third-order valence-corrected chi connectivity index (χ3v) is 2.77. The number of rotatable bonds is 3. The van der Waals surface area contributed by atoms with Gasteiger partial charge in [-0.3, -0.25) is 0 Å². The van der Waals surface area contributed by atoms with Crippen LogP contribution in [0.5, 0.6) is 0 Å². The van der Waals surface area contributed by atoms with Gasteiger partial charge < -0.3 is 9.47 Å². The molecule has 0 atom stereocenters. The molecule has 0 aliphatic rings. The van der Waals surface area contributed by atoms with Crippen molar-refractivity contribution in [3.8, 4) is 0 Å². The molecule has 4 heteroatoms. The summed E-state index contributed by atoms with van der Waals surface area (Å²) >= 11 is 0. The molecule has 0 spiro atoms. The Balaban J connectivity index is 2.40. The second-order valence-electron chi connectivity index (χ2n) is 3.99. The van der Waals surface area contributed by atoms with Crippen LogP contribution in [0.15, 0.2) is 36.4 Å². The smallest absolute Gasteiger partial charge is 0.338 e. The Morgan fingerprint density at radius 1 is 0.947 bits per heavy atom. The number of methoxy groups -OCH3 is 1. The summed E-state index contributed by atoms with van der Waals surface area (Å²) in [5.74, 6) is -0.724. The van der Waals surface area contributed by atoms with E-state index >= 15 is 0 Å². The SMILES string of the molecule is CCOC(=O)c1ccc2cc(C(=O)OC)ccc2c1. The summed E-state index contributed by atoms with van der Waals surface area (Å²) in [6.07, 6.45) is 0. The molecule has 0 saturated carbocycles. The fourth-order valence-electron chi connectivity index (χ4n) is 1.83. The van der Waals surface area contributed by atoms with Gasteiger partial charge in [0.25, 0.3) is 0 Å². The van der Waals surface area contributed by atoms with Gasteiger partial charge in [-0.2, -0.15) is 0 Å². The largest absolute Gasteiger partial charge is 0.465 e. The summed E-state index contributed by atoms with van der Waals surface area (Å²) in [6, 6.07) is 10.4. The van der Waals surface area contributed by atoms with Crippen molar-refractivity contribution in [3.05, 3.63) is 47.5 Å². The first-order chi connectivity index (χ1) is 9.15. The van der Waals surface area contributed by atoms with Gasteiger partial charge in [-0.25, -0.2) is 9.59 Å². The Hall–Kier alpha value is -2.36. The van der Waals surface area contributed by atoms with Gasteiger partial charge in [0.05, 0.1) is 24.8 Å². The van der Waals surface area contributed by atoms with Crippen molar-refractivity contribution in [1.29, 1.82) is 0 Å². The highest BCUT2D eigenvalue weighted by Gasteiger charge is 2.09. The molecule has 98 valence electrons. The summed E-state index contributed by atoms with van der Waals surface area (Å²) in [7, 11) is 1.34. The van der Waals surface area contributed by atoms with E-state index in [1.54, 1.807) is 43.3 Å². The average molecular weight is 258 g/mol. The second-order valence-corrected chi connectivity index (χ2v) is 3.99. The minimum Gasteiger partial charge on any atom is -0.465 e. The fourth-order valence-corrected chi connectivity index (χ4v) is 1.83. The second kappa shape index (κ2) is 5.52. The lowest BCUT2D eigenvalue weighted by atomic mass is 10.0. The van der Waals surface area contributed by atoms with Gasteiger partial charge >= 0.3 is 11.9 Å². The lowest BCUT2D eigenvalue weighted by Gasteiger charge is -2.05. The van der Waals surface area contributed by atoms with Crippen LogP contribution in [0.3, 0.4) is 0 Å². The molecule has 0 aliphatic heterocycles. The van der Waals surface area contributed by atoms with Crippen molar-refractivity contribution < 1.29 is 19.1 Å². The highest BCUT2D eigenvalue weighted by Crippen LogP contribution is 2.19. The van der Waals surface area contributed by atoms with E-state index in [1.165, 1.54) is 7.11 Å². The summed E-state index contributed by atoms with van der Waals surface area (Å²) < 4.78 is 9.61. The molecule has 0 aliphatic carbocycles. The van der Waals surface area contributed by atoms with Crippen LogP contribution in [0.2, 0.25) is 0 Å². The van der Waals surface area contributed by atoms with Crippen molar-refractivity contribution in [1.82, 2.24) is 0 Å². The van der Waals surface area contributed by atoms with Crippen LogP contribution in [0, 0.1) is 0 Å². The number of fused-ring (bicyclic) bond motifs is 1. The van der Waals surface area contributed by atoms with Crippen LogP contribution < -0.4 is 0 Å². The molecule has 0 aromatic heterocycles. The van der Waals surface area contributed by atoms with Gasteiger partial charge in [-0.1, -0.05) is 12.1 Å². The zero-order valence-electron chi connectivity index (χ0n) is 10.8. The molecular formula is C15H14O4. The third-order valence-electron chi connectivity index (χ3n) is 2.77. The molecule has 0 saturated heterocycles. The standard InChI is InChI=1S/C15H14O4/c1-3-19-15(17)13-7-5-10-8-12(14(16)18-2)6-4-11(10)9-13/h4-9H,3H2,1-2H3. The van der Waals surface area contributed by atoms with Gasteiger partial charge in [-0.15, -0.1) is 0 Å². The molecule has 2 aromatic carbocycles. The molecule has 0 N–H and O–H groups in total. The predicted octanol–water partition coefficient (Wildman–Crippen LogP) is 2.80. The summed E-state index contributed by atoms with van der Waals surface area (Å²) in [5, 5.41) is 1.74. The molecule has 0 fully saturated rings. The third kappa shape index (κ3) is 2.73. The molecule has 2 rings (SSSR count). The number of hydrogen-bond donors (Lipinski definition) is 0. The van der Waals surface area contributed by atoms with E-state index in [1.807, 2.05) is 0 Å². The summed E-state index contributed by atoms with van der Waals surface area (Å²) in [5.41, 5.74) is 0.985. The van der Waals surface area contributed by atoms with Crippen molar-refractivity contribution in [2.24, 2.45) is 0 Å². The van der Waals surface area contributed by atoms with Gasteiger partial charge in [0.2, 0.25) is 0 Å². The molecule has 0 bridgehead atoms. The minimum absolute atomic E-state index is 0.345. The highest BCUT2D eigenvalue weighted by molar-refractivity contribution is 5.98. The van der Waals surface area contributed by atoms with E-state index < -0.39 is 0 Å². The average Bonchev–Trinajstić information content (AvgIpc) is 2.45. The maximum Gasteiger partial charge on any atom is 0.338 e. The van der Waals surface area contributed by atoms with E-state index in [-0.39, 0.29) is 11.9 Å². The van der Waals surface area contributed by atoms with Crippen molar-refractivity contribution in [3.63, 3.8) is 0 Å². The first-order valence-electron chi connectivity index (χ1n) is 5.95. The van der Waals surface area contributed by atoms with Crippen LogP contribution in [-0.2, 0) is 9.47 Å². The minimum atomic E-state index is -0.378. The van der Waals surface area contributed by atoms with E-state index in [0.717, 1.165) is 10.8 Å². The number of esters is 2. The number of carbonyl (C=O) groups is 2. The summed E-state index contributed by atoms with van der Waals surface area (Å²) in [4.78, 5) is 23.0. The summed E-state index contributed by atoms with van der Waals surface area (Å²) in [6.45, 7) is 2.11. The van der Waals surface area contributed by atoms with Crippen molar-refractivity contribution >= 4 is 22.7 Å². The van der Waals surface area contributed by atoms with E-state index in [0.29, 0.717) is 17.7 Å². The predicted molar refractivity (Wildman–Crippen MR) is 71.2 cm³/mol. The van der Waals surface area contributed by atoms with Crippen LogP contribution >= 0.6 is 0 Å². The van der Waals surface area contributed by atoms with Gasteiger partial charge in [0.1, 0.15) is 0 Å². The molecular weight excluding hydrogens is 244 g/mol. The Bertz CT molecular complexity index is 631. The molecule has 4 nitrogen and oxygen atoms in total. The Kier molecular flexibility index (Phi) is 3.80. The van der Waals surface area contributed by atoms with Crippen molar-refractivity contribution in [2.75, 3.05) is 13.7 Å².